The third kappa shape index (κ3) is 1.74. The van der Waals surface area contributed by atoms with E-state index in [0.717, 1.165) is 16.0 Å². The molecule has 0 saturated heterocycles. The highest BCUT2D eigenvalue weighted by atomic mass is 32.1. The second-order valence-electron chi connectivity index (χ2n) is 3.38. The Bertz CT molecular complexity index is 610. The minimum Gasteiger partial charge on any atom is -0.495 e. The van der Waals surface area contributed by atoms with Crippen molar-refractivity contribution in [2.75, 3.05) is 7.11 Å². The molecule has 1 aromatic carbocycles. The summed E-state index contributed by atoms with van der Waals surface area (Å²) in [5, 5.41) is 0. The number of para-hydroxylation sites is 1. The number of hydrogen-bond acceptors (Lipinski definition) is 3. The SMILES string of the molecule is COc1cccc2sc(=NC(C)=O)n(C)c12. The number of fused-ring (bicyclic) bond motifs is 1. The Balaban J connectivity index is 2.83. The second kappa shape index (κ2) is 4.09. The van der Waals surface area contributed by atoms with Gasteiger partial charge in [0.25, 0.3) is 0 Å². The maximum atomic E-state index is 11.0. The van der Waals surface area contributed by atoms with E-state index in [2.05, 4.69) is 4.99 Å². The molecular weight excluding hydrogens is 224 g/mol. The van der Waals surface area contributed by atoms with E-state index in [4.69, 9.17) is 4.74 Å². The van der Waals surface area contributed by atoms with E-state index in [1.54, 1.807) is 7.11 Å². The first-order chi connectivity index (χ1) is 7.63. The summed E-state index contributed by atoms with van der Waals surface area (Å²) in [4.78, 5) is 15.6. The quantitative estimate of drug-likeness (QED) is 0.756. The van der Waals surface area contributed by atoms with Crippen molar-refractivity contribution < 1.29 is 9.53 Å². The number of thiazole rings is 1. The number of carbonyl (C=O) groups excluding carboxylic acids is 1. The molecule has 0 aliphatic heterocycles. The van der Waals surface area contributed by atoms with Crippen molar-refractivity contribution in [3.8, 4) is 5.75 Å². The third-order valence-electron chi connectivity index (χ3n) is 2.26. The van der Waals surface area contributed by atoms with Crippen LogP contribution in [0, 0.1) is 0 Å². The molecule has 0 aliphatic carbocycles. The molecule has 0 N–H and O–H groups in total. The fraction of sp³-hybridized carbons (Fsp3) is 0.273. The average Bonchev–Trinajstić information content (AvgIpc) is 2.55. The predicted octanol–water partition coefficient (Wildman–Crippen LogP) is 1.70. The summed E-state index contributed by atoms with van der Waals surface area (Å²) < 4.78 is 8.22. The normalized spacial score (nSPS) is 12.1. The van der Waals surface area contributed by atoms with E-state index < -0.39 is 0 Å². The molecule has 0 spiro atoms. The van der Waals surface area contributed by atoms with Crippen molar-refractivity contribution in [2.45, 2.75) is 6.92 Å². The lowest BCUT2D eigenvalue weighted by Crippen LogP contribution is -2.12. The van der Waals surface area contributed by atoms with Crippen LogP contribution >= 0.6 is 11.3 Å². The van der Waals surface area contributed by atoms with Gasteiger partial charge >= 0.3 is 0 Å². The van der Waals surface area contributed by atoms with Gasteiger partial charge in [0.15, 0.2) is 4.80 Å². The van der Waals surface area contributed by atoms with Crippen molar-refractivity contribution in [1.29, 1.82) is 0 Å². The summed E-state index contributed by atoms with van der Waals surface area (Å²) >= 11 is 1.48. The summed E-state index contributed by atoms with van der Waals surface area (Å²) in [6.07, 6.45) is 0. The van der Waals surface area contributed by atoms with E-state index in [0.29, 0.717) is 4.80 Å². The lowest BCUT2D eigenvalue weighted by atomic mass is 10.3. The van der Waals surface area contributed by atoms with Crippen LogP contribution in [0.25, 0.3) is 10.2 Å². The van der Waals surface area contributed by atoms with Crippen LogP contribution < -0.4 is 9.54 Å². The number of hydrogen-bond donors (Lipinski definition) is 0. The smallest absolute Gasteiger partial charge is 0.245 e. The number of benzene rings is 1. The zero-order chi connectivity index (χ0) is 11.7. The van der Waals surface area contributed by atoms with E-state index in [-0.39, 0.29) is 5.91 Å². The molecule has 1 heterocycles. The number of nitrogens with zero attached hydrogens (tertiary/aromatic N) is 2. The summed E-state index contributed by atoms with van der Waals surface area (Å²) in [5.41, 5.74) is 0.968. The fourth-order valence-electron chi connectivity index (χ4n) is 1.57. The Morgan fingerprint density at radius 2 is 2.25 bits per heavy atom. The van der Waals surface area contributed by atoms with Gasteiger partial charge in [-0.3, -0.25) is 4.79 Å². The number of carbonyl (C=O) groups is 1. The maximum absolute atomic E-state index is 11.0. The molecule has 4 nitrogen and oxygen atoms in total. The van der Waals surface area contributed by atoms with Gasteiger partial charge in [0.2, 0.25) is 5.91 Å². The van der Waals surface area contributed by atoms with Gasteiger partial charge in [-0.1, -0.05) is 17.4 Å². The number of methoxy groups -OCH3 is 1. The number of amides is 1. The molecule has 0 unspecified atom stereocenters. The van der Waals surface area contributed by atoms with E-state index in [9.17, 15) is 4.79 Å². The van der Waals surface area contributed by atoms with Gasteiger partial charge in [-0.2, -0.15) is 4.99 Å². The number of aromatic nitrogens is 1. The highest BCUT2D eigenvalue weighted by Gasteiger charge is 2.08. The van der Waals surface area contributed by atoms with E-state index in [1.165, 1.54) is 18.3 Å². The molecule has 0 saturated carbocycles. The molecule has 0 fully saturated rings. The van der Waals surface area contributed by atoms with Crippen molar-refractivity contribution in [1.82, 2.24) is 4.57 Å². The van der Waals surface area contributed by atoms with Crippen LogP contribution in [0.1, 0.15) is 6.92 Å². The molecule has 1 amide bonds. The molecule has 16 heavy (non-hydrogen) atoms. The van der Waals surface area contributed by atoms with Gasteiger partial charge in [0.05, 0.1) is 11.8 Å². The van der Waals surface area contributed by atoms with Crippen LogP contribution in [0.5, 0.6) is 5.75 Å². The standard InChI is InChI=1S/C11H12N2O2S/c1-7(14)12-11-13(2)10-8(15-3)5-4-6-9(10)16-11/h4-6H,1-3H3. The summed E-state index contributed by atoms with van der Waals surface area (Å²) in [7, 11) is 3.51. The number of ether oxygens (including phenoxy) is 1. The largest absolute Gasteiger partial charge is 0.495 e. The Morgan fingerprint density at radius 3 is 2.88 bits per heavy atom. The molecule has 2 rings (SSSR count). The molecule has 2 aromatic rings. The van der Waals surface area contributed by atoms with Crippen molar-refractivity contribution in [3.05, 3.63) is 23.0 Å². The van der Waals surface area contributed by atoms with Gasteiger partial charge < -0.3 is 9.30 Å². The molecule has 84 valence electrons. The van der Waals surface area contributed by atoms with Crippen LogP contribution in [-0.4, -0.2) is 17.6 Å². The Hall–Kier alpha value is -1.62. The van der Waals surface area contributed by atoms with Gasteiger partial charge in [0, 0.05) is 14.0 Å². The van der Waals surface area contributed by atoms with E-state index >= 15 is 0 Å². The third-order valence-corrected chi connectivity index (χ3v) is 3.36. The molecule has 0 radical (unpaired) electrons. The molecule has 1 aromatic heterocycles. The van der Waals surface area contributed by atoms with Crippen LogP contribution in [-0.2, 0) is 11.8 Å². The zero-order valence-electron chi connectivity index (χ0n) is 9.35. The topological polar surface area (TPSA) is 43.6 Å². The molecule has 0 bridgehead atoms. The average molecular weight is 236 g/mol. The van der Waals surface area contributed by atoms with Crippen molar-refractivity contribution in [2.24, 2.45) is 12.0 Å². The van der Waals surface area contributed by atoms with Crippen LogP contribution in [0.2, 0.25) is 0 Å². The highest BCUT2D eigenvalue weighted by molar-refractivity contribution is 7.16. The lowest BCUT2D eigenvalue weighted by Gasteiger charge is -2.02. The minimum atomic E-state index is -0.193. The maximum Gasteiger partial charge on any atom is 0.245 e. The van der Waals surface area contributed by atoms with Gasteiger partial charge in [0.1, 0.15) is 11.3 Å². The first-order valence-corrected chi connectivity index (χ1v) is 5.63. The number of rotatable bonds is 1. The van der Waals surface area contributed by atoms with E-state index in [1.807, 2.05) is 29.8 Å². The van der Waals surface area contributed by atoms with Crippen molar-refractivity contribution in [3.63, 3.8) is 0 Å². The second-order valence-corrected chi connectivity index (χ2v) is 4.39. The zero-order valence-corrected chi connectivity index (χ0v) is 10.2. The Kier molecular flexibility index (Phi) is 2.78. The van der Waals surface area contributed by atoms with Crippen LogP contribution in [0.15, 0.2) is 23.2 Å². The van der Waals surface area contributed by atoms with Gasteiger partial charge in [-0.15, -0.1) is 0 Å². The molecule has 0 aliphatic rings. The monoisotopic (exact) mass is 236 g/mol. The van der Waals surface area contributed by atoms with Crippen LogP contribution in [0.4, 0.5) is 0 Å². The Morgan fingerprint density at radius 1 is 1.50 bits per heavy atom. The van der Waals surface area contributed by atoms with Gasteiger partial charge in [-0.05, 0) is 12.1 Å². The molecular formula is C11H12N2O2S. The highest BCUT2D eigenvalue weighted by Crippen LogP contribution is 2.26. The van der Waals surface area contributed by atoms with Crippen LogP contribution in [0.3, 0.4) is 0 Å². The first-order valence-electron chi connectivity index (χ1n) is 4.81. The predicted molar refractivity (Wildman–Crippen MR) is 63.6 cm³/mol. The van der Waals surface area contributed by atoms with Gasteiger partial charge in [-0.25, -0.2) is 0 Å². The fourth-order valence-corrected chi connectivity index (χ4v) is 2.65. The lowest BCUT2D eigenvalue weighted by molar-refractivity contribution is -0.116. The minimum absolute atomic E-state index is 0.193. The summed E-state index contributed by atoms with van der Waals surface area (Å²) in [5.74, 6) is 0.599. The molecule has 0 atom stereocenters. The number of aryl methyl sites for hydroxylation is 1. The molecule has 5 heteroatoms. The Labute approximate surface area is 96.8 Å². The van der Waals surface area contributed by atoms with Crippen molar-refractivity contribution >= 4 is 27.5 Å². The summed E-state index contributed by atoms with van der Waals surface area (Å²) in [6, 6.07) is 5.81. The summed E-state index contributed by atoms with van der Waals surface area (Å²) in [6.45, 7) is 1.45. The first kappa shape index (κ1) is 10.9.